The molecule has 0 radical (unpaired) electrons. The van der Waals surface area contributed by atoms with E-state index in [0.717, 1.165) is 0 Å². The molecular weight excluding hydrogens is 338 g/mol. The van der Waals surface area contributed by atoms with Crippen LogP contribution in [0.4, 0.5) is 17.3 Å². The molecule has 0 atom stereocenters. The van der Waals surface area contributed by atoms with Gasteiger partial charge in [-0.2, -0.15) is 0 Å². The Morgan fingerprint density at radius 1 is 1.04 bits per heavy atom. The molecule has 9 nitrogen and oxygen atoms in total. The molecule has 0 aliphatic carbocycles. The average Bonchev–Trinajstić information content (AvgIpc) is 3.06. The number of amides is 1. The monoisotopic (exact) mass is 353 g/mol. The summed E-state index contributed by atoms with van der Waals surface area (Å²) in [6.45, 7) is 2.78. The zero-order valence-corrected chi connectivity index (χ0v) is 13.9. The minimum absolute atomic E-state index is 0.206. The molecule has 1 aliphatic rings. The van der Waals surface area contributed by atoms with Crippen molar-refractivity contribution < 1.29 is 18.8 Å². The van der Waals surface area contributed by atoms with Gasteiger partial charge in [-0.15, -0.1) is 0 Å². The number of aryl methyl sites for hydroxylation is 1. The van der Waals surface area contributed by atoms with Crippen LogP contribution in [0.15, 0.2) is 41.2 Å². The van der Waals surface area contributed by atoms with Crippen molar-refractivity contribution in [3.8, 4) is 11.5 Å². The minimum Gasteiger partial charge on any atom is -0.486 e. The predicted octanol–water partition coefficient (Wildman–Crippen LogP) is 2.54. The molecule has 2 N–H and O–H groups in total. The van der Waals surface area contributed by atoms with Crippen molar-refractivity contribution in [3.05, 3.63) is 48.1 Å². The molecule has 0 spiro atoms. The van der Waals surface area contributed by atoms with Gasteiger partial charge in [0.15, 0.2) is 17.3 Å². The van der Waals surface area contributed by atoms with E-state index < -0.39 is 0 Å². The highest BCUT2D eigenvalue weighted by Gasteiger charge is 2.14. The Morgan fingerprint density at radius 3 is 2.69 bits per heavy atom. The summed E-state index contributed by atoms with van der Waals surface area (Å²) >= 11 is 0. The van der Waals surface area contributed by atoms with Crippen molar-refractivity contribution >= 4 is 23.2 Å². The largest absolute Gasteiger partial charge is 0.486 e. The Hall–Kier alpha value is -3.62. The molecular formula is C17H15N5O4. The lowest BCUT2D eigenvalue weighted by molar-refractivity contribution is 0.102. The van der Waals surface area contributed by atoms with Crippen molar-refractivity contribution in [1.29, 1.82) is 0 Å². The fourth-order valence-electron chi connectivity index (χ4n) is 2.42. The molecule has 0 saturated carbocycles. The maximum atomic E-state index is 12.5. The first-order chi connectivity index (χ1) is 12.7. The van der Waals surface area contributed by atoms with Gasteiger partial charge in [0.2, 0.25) is 0 Å². The third-order valence-corrected chi connectivity index (χ3v) is 3.58. The Bertz CT molecular complexity index is 956. The molecule has 26 heavy (non-hydrogen) atoms. The number of fused-ring (bicyclic) bond motifs is 1. The molecule has 4 rings (SSSR count). The van der Waals surface area contributed by atoms with Gasteiger partial charge in [-0.05, 0) is 19.1 Å². The average molecular weight is 353 g/mol. The number of nitrogens with zero attached hydrogens (tertiary/aromatic N) is 3. The van der Waals surface area contributed by atoms with Crippen LogP contribution in [0, 0.1) is 6.92 Å². The van der Waals surface area contributed by atoms with E-state index in [4.69, 9.17) is 14.0 Å². The van der Waals surface area contributed by atoms with E-state index in [9.17, 15) is 4.79 Å². The highest BCUT2D eigenvalue weighted by Crippen LogP contribution is 2.32. The summed E-state index contributed by atoms with van der Waals surface area (Å²) in [7, 11) is 0. The number of hydrogen-bond donors (Lipinski definition) is 2. The van der Waals surface area contributed by atoms with Gasteiger partial charge in [-0.3, -0.25) is 4.79 Å². The van der Waals surface area contributed by atoms with Gasteiger partial charge in [0.1, 0.15) is 36.8 Å². The van der Waals surface area contributed by atoms with Crippen LogP contribution < -0.4 is 20.1 Å². The maximum Gasteiger partial charge on any atom is 0.274 e. The molecule has 3 aromatic rings. The van der Waals surface area contributed by atoms with Gasteiger partial charge < -0.3 is 24.6 Å². The van der Waals surface area contributed by atoms with Gasteiger partial charge in [-0.1, -0.05) is 5.16 Å². The SMILES string of the molecule is Cc1cc(Nc2cc(C(=O)Nc3ccc4c(c3)OCCO4)ncn2)no1. The summed E-state index contributed by atoms with van der Waals surface area (Å²) in [4.78, 5) is 20.5. The standard InChI is InChI=1S/C17H15N5O4/c1-10-6-16(22-26-10)21-15-8-12(18-9-19-15)17(23)20-11-2-3-13-14(7-11)25-5-4-24-13/h2-3,6-9H,4-5H2,1H3,(H,20,23)(H,18,19,21,22). The molecule has 0 bridgehead atoms. The number of hydrogen-bond acceptors (Lipinski definition) is 8. The number of carbonyl (C=O) groups is 1. The predicted molar refractivity (Wildman–Crippen MR) is 91.9 cm³/mol. The Balaban J connectivity index is 1.48. The summed E-state index contributed by atoms with van der Waals surface area (Å²) in [5, 5.41) is 9.55. The van der Waals surface area contributed by atoms with E-state index in [1.165, 1.54) is 12.4 Å². The zero-order chi connectivity index (χ0) is 17.9. The van der Waals surface area contributed by atoms with Crippen molar-refractivity contribution in [1.82, 2.24) is 15.1 Å². The number of ether oxygens (including phenoxy) is 2. The van der Waals surface area contributed by atoms with Crippen LogP contribution in [-0.4, -0.2) is 34.2 Å². The molecule has 2 aromatic heterocycles. The van der Waals surface area contributed by atoms with Crippen molar-refractivity contribution in [2.45, 2.75) is 6.92 Å². The fraction of sp³-hybridized carbons (Fsp3) is 0.176. The fourth-order valence-corrected chi connectivity index (χ4v) is 2.42. The lowest BCUT2D eigenvalue weighted by Crippen LogP contribution is -2.17. The van der Waals surface area contributed by atoms with Crippen LogP contribution in [0.2, 0.25) is 0 Å². The summed E-state index contributed by atoms with van der Waals surface area (Å²) in [6, 6.07) is 8.45. The Kier molecular flexibility index (Phi) is 4.10. The van der Waals surface area contributed by atoms with Crippen LogP contribution in [0.1, 0.15) is 16.2 Å². The second-order valence-electron chi connectivity index (χ2n) is 5.55. The number of benzene rings is 1. The summed E-state index contributed by atoms with van der Waals surface area (Å²) in [6.07, 6.45) is 1.30. The molecule has 3 heterocycles. The third-order valence-electron chi connectivity index (χ3n) is 3.58. The lowest BCUT2D eigenvalue weighted by atomic mass is 10.2. The van der Waals surface area contributed by atoms with Gasteiger partial charge in [-0.25, -0.2) is 9.97 Å². The van der Waals surface area contributed by atoms with E-state index >= 15 is 0 Å². The zero-order valence-electron chi connectivity index (χ0n) is 13.9. The van der Waals surface area contributed by atoms with Gasteiger partial charge in [0.25, 0.3) is 5.91 Å². The Morgan fingerprint density at radius 2 is 1.88 bits per heavy atom. The molecule has 132 valence electrons. The molecule has 9 heteroatoms. The summed E-state index contributed by atoms with van der Waals surface area (Å²) in [5.41, 5.74) is 0.789. The topological polar surface area (TPSA) is 111 Å². The van der Waals surface area contributed by atoms with Crippen LogP contribution in [0.3, 0.4) is 0 Å². The van der Waals surface area contributed by atoms with Crippen molar-refractivity contribution in [3.63, 3.8) is 0 Å². The minimum atomic E-state index is -0.372. The highest BCUT2D eigenvalue weighted by atomic mass is 16.6. The van der Waals surface area contributed by atoms with Crippen LogP contribution >= 0.6 is 0 Å². The molecule has 1 amide bonds. The number of aromatic nitrogens is 3. The second-order valence-corrected chi connectivity index (χ2v) is 5.55. The molecule has 0 unspecified atom stereocenters. The lowest BCUT2D eigenvalue weighted by Gasteiger charge is -2.18. The van der Waals surface area contributed by atoms with Crippen LogP contribution in [0.5, 0.6) is 11.5 Å². The number of anilines is 3. The van der Waals surface area contributed by atoms with Crippen molar-refractivity contribution in [2.75, 3.05) is 23.8 Å². The number of nitrogens with one attached hydrogen (secondary N) is 2. The van der Waals surface area contributed by atoms with Gasteiger partial charge in [0, 0.05) is 23.9 Å². The second kappa shape index (κ2) is 6.71. The first-order valence-electron chi connectivity index (χ1n) is 7.91. The highest BCUT2D eigenvalue weighted by molar-refractivity contribution is 6.03. The van der Waals surface area contributed by atoms with Gasteiger partial charge >= 0.3 is 0 Å². The van der Waals surface area contributed by atoms with Crippen LogP contribution in [0.25, 0.3) is 0 Å². The van der Waals surface area contributed by atoms with E-state index in [0.29, 0.717) is 47.8 Å². The summed E-state index contributed by atoms with van der Waals surface area (Å²) in [5.74, 6) is 2.48. The maximum absolute atomic E-state index is 12.5. The Labute approximate surface area is 148 Å². The molecule has 0 fully saturated rings. The first kappa shape index (κ1) is 15.9. The number of rotatable bonds is 4. The molecule has 0 saturated heterocycles. The van der Waals surface area contributed by atoms with Crippen molar-refractivity contribution in [2.24, 2.45) is 0 Å². The molecule has 1 aromatic carbocycles. The normalized spacial score (nSPS) is 12.5. The van der Waals surface area contributed by atoms with E-state index in [2.05, 4.69) is 25.8 Å². The van der Waals surface area contributed by atoms with Gasteiger partial charge in [0.05, 0.1) is 0 Å². The summed E-state index contributed by atoms with van der Waals surface area (Å²) < 4.78 is 16.0. The van der Waals surface area contributed by atoms with Crippen LogP contribution in [-0.2, 0) is 0 Å². The smallest absolute Gasteiger partial charge is 0.274 e. The number of carbonyl (C=O) groups excluding carboxylic acids is 1. The quantitative estimate of drug-likeness (QED) is 0.736. The van der Waals surface area contributed by atoms with E-state index in [1.807, 2.05) is 0 Å². The first-order valence-corrected chi connectivity index (χ1v) is 7.91. The van der Waals surface area contributed by atoms with E-state index in [1.54, 1.807) is 31.2 Å². The molecule has 1 aliphatic heterocycles. The van der Waals surface area contributed by atoms with E-state index in [-0.39, 0.29) is 11.6 Å². The third kappa shape index (κ3) is 3.41.